The van der Waals surface area contributed by atoms with Gasteiger partial charge in [-0.2, -0.15) is 0 Å². The van der Waals surface area contributed by atoms with Gasteiger partial charge < -0.3 is 48.1 Å². The number of rotatable bonds is 14. The van der Waals surface area contributed by atoms with Crippen molar-refractivity contribution in [2.75, 3.05) is 20.3 Å². The minimum absolute atomic E-state index is 0.187. The van der Waals surface area contributed by atoms with Crippen LogP contribution in [-0.4, -0.2) is 85.7 Å². The number of benzene rings is 4. The number of ether oxygens (including phenoxy) is 8. The predicted molar refractivity (Wildman–Crippen MR) is 191 cm³/mol. The second kappa shape index (κ2) is 18.0. The third-order valence-electron chi connectivity index (χ3n) is 10.0. The molecule has 10 nitrogen and oxygen atoms in total. The fraction of sp³-hybridized carbons (Fsp3) is 0.429. The molecule has 4 aromatic rings. The summed E-state index contributed by atoms with van der Waals surface area (Å²) in [6.45, 7) is 1.36. The number of methoxy groups -OCH3 is 1. The highest BCUT2D eigenvalue weighted by molar-refractivity contribution is 5.18. The topological polar surface area (TPSA) is 114 Å². The van der Waals surface area contributed by atoms with Crippen molar-refractivity contribution < 1.29 is 48.1 Å². The highest BCUT2D eigenvalue weighted by Gasteiger charge is 2.53. The van der Waals surface area contributed by atoms with Crippen LogP contribution in [-0.2, 0) is 57.7 Å². The number of aliphatic hydroxyl groups excluding tert-OH is 2. The van der Waals surface area contributed by atoms with E-state index in [9.17, 15) is 10.2 Å². The van der Waals surface area contributed by atoms with E-state index in [1.807, 2.05) is 121 Å². The van der Waals surface area contributed by atoms with Crippen LogP contribution in [0.5, 0.6) is 0 Å². The lowest BCUT2D eigenvalue weighted by molar-refractivity contribution is -0.355. The Morgan fingerprint density at radius 2 is 1.17 bits per heavy atom. The molecule has 3 aliphatic heterocycles. The zero-order valence-electron chi connectivity index (χ0n) is 29.3. The van der Waals surface area contributed by atoms with E-state index in [0.717, 1.165) is 22.3 Å². The van der Waals surface area contributed by atoms with E-state index in [4.69, 9.17) is 37.9 Å². The van der Waals surface area contributed by atoms with Crippen LogP contribution in [0.2, 0.25) is 0 Å². The SMILES string of the molecule is CO[C@@H]1O[C@@H]2CO[C@@H](c3ccccc3)O[C@H]2[C@H](C[C@@H]2O[C@H](COCc3ccccc3)[C@@H](OCc3ccccc3)[C@H](OCc3ccccc3)[C@H]2O)[C@H]1O. The molecule has 0 aromatic heterocycles. The molecule has 0 unspecified atom stereocenters. The summed E-state index contributed by atoms with van der Waals surface area (Å²) in [4.78, 5) is 0. The van der Waals surface area contributed by atoms with Crippen LogP contribution < -0.4 is 0 Å². The Morgan fingerprint density at radius 3 is 1.77 bits per heavy atom. The lowest BCUT2D eigenvalue weighted by Crippen LogP contribution is -2.63. The molecule has 7 rings (SSSR count). The van der Waals surface area contributed by atoms with Gasteiger partial charge in [-0.15, -0.1) is 0 Å². The molecule has 52 heavy (non-hydrogen) atoms. The molecule has 0 amide bonds. The van der Waals surface area contributed by atoms with Crippen LogP contribution in [0, 0.1) is 5.92 Å². The molecule has 3 saturated heterocycles. The average Bonchev–Trinajstić information content (AvgIpc) is 3.20. The summed E-state index contributed by atoms with van der Waals surface area (Å²) in [6, 6.07) is 39.3. The third-order valence-corrected chi connectivity index (χ3v) is 10.0. The minimum atomic E-state index is -1.12. The van der Waals surface area contributed by atoms with Crippen LogP contribution in [0.15, 0.2) is 121 Å². The van der Waals surface area contributed by atoms with Gasteiger partial charge in [-0.25, -0.2) is 0 Å². The fourth-order valence-corrected chi connectivity index (χ4v) is 7.34. The Balaban J connectivity index is 1.16. The van der Waals surface area contributed by atoms with Crippen molar-refractivity contribution in [1.82, 2.24) is 0 Å². The molecule has 3 heterocycles. The molecular formula is C42H48O10. The van der Waals surface area contributed by atoms with Gasteiger partial charge in [-0.3, -0.25) is 0 Å². The van der Waals surface area contributed by atoms with Crippen molar-refractivity contribution in [1.29, 1.82) is 0 Å². The summed E-state index contributed by atoms with van der Waals surface area (Å²) in [5.41, 5.74) is 3.83. The highest BCUT2D eigenvalue weighted by Crippen LogP contribution is 2.41. The number of hydrogen-bond acceptors (Lipinski definition) is 10. The van der Waals surface area contributed by atoms with E-state index < -0.39 is 67.3 Å². The normalized spacial score (nSPS) is 31.9. The van der Waals surface area contributed by atoms with Crippen molar-refractivity contribution in [2.45, 2.75) is 87.7 Å². The minimum Gasteiger partial charge on any atom is -0.388 e. The predicted octanol–water partition coefficient (Wildman–Crippen LogP) is 5.36. The molecule has 0 bridgehead atoms. The van der Waals surface area contributed by atoms with Crippen LogP contribution >= 0.6 is 0 Å². The lowest BCUT2D eigenvalue weighted by Gasteiger charge is -2.50. The van der Waals surface area contributed by atoms with Gasteiger partial charge in [0.05, 0.1) is 45.2 Å². The van der Waals surface area contributed by atoms with Gasteiger partial charge in [0.2, 0.25) is 0 Å². The number of hydrogen-bond donors (Lipinski definition) is 2. The summed E-state index contributed by atoms with van der Waals surface area (Å²) < 4.78 is 50.5. The van der Waals surface area contributed by atoms with Crippen molar-refractivity contribution in [3.63, 3.8) is 0 Å². The molecule has 10 heteroatoms. The molecule has 4 aromatic carbocycles. The van der Waals surface area contributed by atoms with E-state index in [1.54, 1.807) is 0 Å². The fourth-order valence-electron chi connectivity index (χ4n) is 7.34. The third kappa shape index (κ3) is 8.98. The van der Waals surface area contributed by atoms with Crippen molar-refractivity contribution >= 4 is 0 Å². The Kier molecular flexibility index (Phi) is 12.7. The Bertz CT molecular complexity index is 1610. The van der Waals surface area contributed by atoms with Crippen molar-refractivity contribution in [2.24, 2.45) is 5.92 Å². The smallest absolute Gasteiger partial charge is 0.184 e. The van der Waals surface area contributed by atoms with Gasteiger partial charge >= 0.3 is 0 Å². The first kappa shape index (κ1) is 36.8. The lowest BCUT2D eigenvalue weighted by atomic mass is 9.80. The second-order valence-corrected chi connectivity index (χ2v) is 13.6. The van der Waals surface area contributed by atoms with Crippen molar-refractivity contribution in [3.8, 4) is 0 Å². The molecule has 2 N–H and O–H groups in total. The monoisotopic (exact) mass is 712 g/mol. The summed E-state index contributed by atoms with van der Waals surface area (Å²) in [6.07, 6.45) is -7.44. The Morgan fingerprint density at radius 1 is 0.615 bits per heavy atom. The summed E-state index contributed by atoms with van der Waals surface area (Å²) in [7, 11) is 1.50. The van der Waals surface area contributed by atoms with Crippen LogP contribution in [0.25, 0.3) is 0 Å². The highest BCUT2D eigenvalue weighted by atomic mass is 16.7. The Hall–Kier alpha value is -3.52. The maximum atomic E-state index is 12.2. The number of fused-ring (bicyclic) bond motifs is 1. The molecule has 0 radical (unpaired) electrons. The standard InChI is InChI=1S/C42H48O10/c1-45-42-36(43)32(38-35(51-42)27-49-41(52-38)31-20-12-5-13-21-31)22-33-37(44)40(48-25-30-18-10-4-11-19-30)39(47-24-29-16-8-3-9-17-29)34(50-33)26-46-23-28-14-6-2-7-15-28/h2-21,32-44H,22-27H2,1H3/t32-,33+,34-,35-,36-,37+,38+,39-,40-,41-,42-/m1/s1. The largest absolute Gasteiger partial charge is 0.388 e. The van der Waals surface area contributed by atoms with E-state index in [-0.39, 0.29) is 26.2 Å². The van der Waals surface area contributed by atoms with Crippen LogP contribution in [0.1, 0.15) is 35.0 Å². The van der Waals surface area contributed by atoms with E-state index in [2.05, 4.69) is 0 Å². The molecule has 3 aliphatic rings. The Labute approximate surface area is 305 Å². The van der Waals surface area contributed by atoms with E-state index in [1.165, 1.54) is 7.11 Å². The summed E-state index contributed by atoms with van der Waals surface area (Å²) in [5.74, 6) is -0.541. The first-order chi connectivity index (χ1) is 25.6. The molecule has 3 fully saturated rings. The van der Waals surface area contributed by atoms with E-state index in [0.29, 0.717) is 13.2 Å². The maximum Gasteiger partial charge on any atom is 0.184 e. The zero-order valence-corrected chi connectivity index (χ0v) is 29.3. The van der Waals surface area contributed by atoms with Gasteiger partial charge in [0, 0.05) is 18.6 Å². The zero-order chi connectivity index (χ0) is 35.7. The molecule has 0 saturated carbocycles. The molecule has 276 valence electrons. The van der Waals surface area contributed by atoms with Crippen LogP contribution in [0.4, 0.5) is 0 Å². The summed E-state index contributed by atoms with van der Waals surface area (Å²) >= 11 is 0. The van der Waals surface area contributed by atoms with Crippen molar-refractivity contribution in [3.05, 3.63) is 144 Å². The molecule has 11 atom stereocenters. The first-order valence-corrected chi connectivity index (χ1v) is 18.0. The van der Waals surface area contributed by atoms with Gasteiger partial charge in [0.25, 0.3) is 0 Å². The second-order valence-electron chi connectivity index (χ2n) is 13.6. The quantitative estimate of drug-likeness (QED) is 0.177. The summed E-state index contributed by atoms with van der Waals surface area (Å²) in [5, 5.41) is 23.8. The average molecular weight is 713 g/mol. The van der Waals surface area contributed by atoms with Crippen LogP contribution in [0.3, 0.4) is 0 Å². The first-order valence-electron chi connectivity index (χ1n) is 18.0. The number of aliphatic hydroxyl groups is 2. The van der Waals surface area contributed by atoms with Gasteiger partial charge in [-0.05, 0) is 23.1 Å². The molecular weight excluding hydrogens is 664 g/mol. The van der Waals surface area contributed by atoms with E-state index >= 15 is 0 Å². The maximum absolute atomic E-state index is 12.2. The van der Waals surface area contributed by atoms with Gasteiger partial charge in [0.15, 0.2) is 12.6 Å². The molecule has 0 aliphatic carbocycles. The van der Waals surface area contributed by atoms with Gasteiger partial charge in [-0.1, -0.05) is 121 Å². The molecule has 0 spiro atoms. The van der Waals surface area contributed by atoms with Gasteiger partial charge in [0.1, 0.15) is 36.6 Å².